The van der Waals surface area contributed by atoms with E-state index < -0.39 is 12.0 Å². The number of hydrogen-bond donors (Lipinski definition) is 1. The smallest absolute Gasteiger partial charge is 0.344 e. The number of alkyl halides is 1. The number of nitrogens with zero attached hydrogens (tertiary/aromatic N) is 3. The fourth-order valence-electron chi connectivity index (χ4n) is 1.44. The van der Waals surface area contributed by atoms with Crippen molar-refractivity contribution in [1.29, 1.82) is 0 Å². The van der Waals surface area contributed by atoms with Crippen molar-refractivity contribution in [3.63, 3.8) is 0 Å². The molecule has 1 aromatic heterocycles. The summed E-state index contributed by atoms with van der Waals surface area (Å²) < 4.78 is 6.71. The molecule has 1 N–H and O–H groups in total. The Hall–Kier alpha value is -2.22. The van der Waals surface area contributed by atoms with Crippen LogP contribution in [0, 0.1) is 4.91 Å². The van der Waals surface area contributed by atoms with Crippen molar-refractivity contribution < 1.29 is 18.9 Å². The van der Waals surface area contributed by atoms with Crippen LogP contribution in [0.2, 0.25) is 0 Å². The average Bonchev–Trinajstić information content (AvgIpc) is 2.48. The number of amides is 2. The number of ether oxygens (including phenoxy) is 1. The molecule has 1 aromatic rings. The zero-order chi connectivity index (χ0) is 15.7. The number of esters is 1. The first kappa shape index (κ1) is 16.8. The number of pyridine rings is 1. The molecule has 8 nitrogen and oxygen atoms in total. The fourth-order valence-corrected chi connectivity index (χ4v) is 1.60. The SMILES string of the molecule is C[n+]1cccc(C(=O)OCCNC(=O)N(CCCl)N=O)c1. The quantitative estimate of drug-likeness (QED) is 0.199. The summed E-state index contributed by atoms with van der Waals surface area (Å²) >= 11 is 5.41. The van der Waals surface area contributed by atoms with Crippen molar-refractivity contribution in [2.75, 3.05) is 25.6 Å². The van der Waals surface area contributed by atoms with Gasteiger partial charge in [-0.3, -0.25) is 0 Å². The lowest BCUT2D eigenvalue weighted by Gasteiger charge is -2.12. The van der Waals surface area contributed by atoms with Crippen molar-refractivity contribution in [1.82, 2.24) is 10.3 Å². The minimum atomic E-state index is -0.687. The van der Waals surface area contributed by atoms with E-state index in [1.54, 1.807) is 36.1 Å². The van der Waals surface area contributed by atoms with Gasteiger partial charge in [0.15, 0.2) is 12.4 Å². The molecular formula is C12H16ClN4O4+. The second kappa shape index (κ2) is 8.85. The van der Waals surface area contributed by atoms with Gasteiger partial charge < -0.3 is 10.1 Å². The third-order valence-corrected chi connectivity index (χ3v) is 2.59. The summed E-state index contributed by atoms with van der Waals surface area (Å²) in [6.07, 6.45) is 3.41. The van der Waals surface area contributed by atoms with Crippen molar-refractivity contribution in [3.05, 3.63) is 35.0 Å². The largest absolute Gasteiger partial charge is 0.460 e. The molecule has 0 atom stereocenters. The Balaban J connectivity index is 2.32. The van der Waals surface area contributed by atoms with Crippen LogP contribution >= 0.6 is 11.6 Å². The van der Waals surface area contributed by atoms with Gasteiger partial charge in [0.1, 0.15) is 19.2 Å². The second-order valence-electron chi connectivity index (χ2n) is 4.02. The van der Waals surface area contributed by atoms with Crippen LogP contribution in [0.3, 0.4) is 0 Å². The molecule has 0 unspecified atom stereocenters. The molecule has 114 valence electrons. The molecule has 0 aromatic carbocycles. The highest BCUT2D eigenvalue weighted by Crippen LogP contribution is 1.97. The summed E-state index contributed by atoms with van der Waals surface area (Å²) in [4.78, 5) is 33.5. The summed E-state index contributed by atoms with van der Waals surface area (Å²) in [6, 6.07) is 2.66. The van der Waals surface area contributed by atoms with E-state index in [9.17, 15) is 14.5 Å². The molecule has 0 spiro atoms. The summed E-state index contributed by atoms with van der Waals surface area (Å²) in [5.74, 6) is -0.398. The Bertz CT molecular complexity index is 512. The van der Waals surface area contributed by atoms with Gasteiger partial charge >= 0.3 is 12.0 Å². The third kappa shape index (κ3) is 5.74. The number of nitroso groups, excluding NO2 is 1. The molecule has 1 rings (SSSR count). The van der Waals surface area contributed by atoms with Crippen molar-refractivity contribution in [2.24, 2.45) is 12.3 Å². The van der Waals surface area contributed by atoms with E-state index in [1.807, 2.05) is 0 Å². The number of hydrogen-bond acceptors (Lipinski definition) is 5. The number of halogens is 1. The highest BCUT2D eigenvalue weighted by atomic mass is 35.5. The van der Waals surface area contributed by atoms with E-state index in [0.29, 0.717) is 10.6 Å². The van der Waals surface area contributed by atoms with Gasteiger partial charge in [-0.1, -0.05) is 0 Å². The number of carbonyl (C=O) groups excluding carboxylic acids is 2. The molecule has 0 fully saturated rings. The zero-order valence-electron chi connectivity index (χ0n) is 11.5. The summed E-state index contributed by atoms with van der Waals surface area (Å²) in [5, 5.41) is 5.57. The second-order valence-corrected chi connectivity index (χ2v) is 4.40. The Morgan fingerprint density at radius 2 is 2.29 bits per heavy atom. The fraction of sp³-hybridized carbons (Fsp3) is 0.417. The van der Waals surface area contributed by atoms with Crippen LogP contribution < -0.4 is 9.88 Å². The minimum absolute atomic E-state index is 0.0111. The maximum Gasteiger partial charge on any atom is 0.344 e. The zero-order valence-corrected chi connectivity index (χ0v) is 12.2. The van der Waals surface area contributed by atoms with Gasteiger partial charge in [-0.25, -0.2) is 14.2 Å². The molecule has 0 radical (unpaired) electrons. The van der Waals surface area contributed by atoms with Gasteiger partial charge in [0.25, 0.3) is 0 Å². The molecular weight excluding hydrogens is 300 g/mol. The number of nitrogens with one attached hydrogen (secondary N) is 1. The molecule has 2 amide bonds. The van der Waals surface area contributed by atoms with Crippen LogP contribution in [0.1, 0.15) is 10.4 Å². The van der Waals surface area contributed by atoms with Crippen LogP contribution in [0.25, 0.3) is 0 Å². The van der Waals surface area contributed by atoms with Crippen LogP contribution in [0.4, 0.5) is 4.79 Å². The van der Waals surface area contributed by atoms with Crippen LogP contribution in [-0.2, 0) is 11.8 Å². The summed E-state index contributed by atoms with van der Waals surface area (Å²) in [6.45, 7) is 0.0613. The predicted molar refractivity (Wildman–Crippen MR) is 74.5 cm³/mol. The van der Waals surface area contributed by atoms with E-state index in [2.05, 4.69) is 10.6 Å². The monoisotopic (exact) mass is 315 g/mol. The standard InChI is InChI=1S/C12H15ClN4O4/c1-16-6-2-3-10(9-16)11(18)21-8-5-14-12(19)17(15-20)7-4-13/h2-3,6,9H,4-5,7-8H2,1H3/p+1. The van der Waals surface area contributed by atoms with Gasteiger partial charge in [0.2, 0.25) is 0 Å². The molecule has 0 saturated carbocycles. The van der Waals surface area contributed by atoms with Gasteiger partial charge in [-0.15, -0.1) is 16.5 Å². The number of carbonyl (C=O) groups is 2. The lowest BCUT2D eigenvalue weighted by atomic mass is 10.3. The Morgan fingerprint density at radius 1 is 1.52 bits per heavy atom. The van der Waals surface area contributed by atoms with Crippen molar-refractivity contribution in [3.8, 4) is 0 Å². The van der Waals surface area contributed by atoms with E-state index in [1.165, 1.54) is 0 Å². The Labute approximate surface area is 126 Å². The maximum atomic E-state index is 11.7. The number of aryl methyl sites for hydroxylation is 1. The Kier molecular flexibility index (Phi) is 7.10. The normalized spacial score (nSPS) is 9.81. The molecule has 21 heavy (non-hydrogen) atoms. The predicted octanol–water partition coefficient (Wildman–Crippen LogP) is 0.600. The van der Waals surface area contributed by atoms with Gasteiger partial charge in [0.05, 0.1) is 18.4 Å². The van der Waals surface area contributed by atoms with Gasteiger partial charge in [0, 0.05) is 11.9 Å². The first-order chi connectivity index (χ1) is 10.1. The van der Waals surface area contributed by atoms with Gasteiger partial charge in [-0.05, 0) is 6.07 Å². The number of rotatable bonds is 7. The highest BCUT2D eigenvalue weighted by molar-refractivity contribution is 6.18. The molecule has 0 aliphatic heterocycles. The van der Waals surface area contributed by atoms with Crippen LogP contribution in [0.15, 0.2) is 29.8 Å². The lowest BCUT2D eigenvalue weighted by Crippen LogP contribution is -2.39. The van der Waals surface area contributed by atoms with Crippen molar-refractivity contribution >= 4 is 23.6 Å². The average molecular weight is 316 g/mol. The third-order valence-electron chi connectivity index (χ3n) is 2.42. The molecule has 9 heteroatoms. The van der Waals surface area contributed by atoms with E-state index in [4.69, 9.17) is 16.3 Å². The molecule has 0 aliphatic carbocycles. The van der Waals surface area contributed by atoms with Gasteiger partial charge in [-0.2, -0.15) is 5.01 Å². The molecule has 0 aliphatic rings. The first-order valence-electron chi connectivity index (χ1n) is 6.15. The number of aromatic nitrogens is 1. The molecule has 1 heterocycles. The lowest BCUT2D eigenvalue weighted by molar-refractivity contribution is -0.671. The van der Waals surface area contributed by atoms with Crippen LogP contribution in [0.5, 0.6) is 0 Å². The van der Waals surface area contributed by atoms with E-state index in [-0.39, 0.29) is 25.6 Å². The number of urea groups is 1. The first-order valence-corrected chi connectivity index (χ1v) is 6.69. The van der Waals surface area contributed by atoms with E-state index >= 15 is 0 Å². The van der Waals surface area contributed by atoms with Crippen LogP contribution in [-0.4, -0.2) is 42.6 Å². The van der Waals surface area contributed by atoms with Crippen molar-refractivity contribution in [2.45, 2.75) is 0 Å². The summed E-state index contributed by atoms with van der Waals surface area (Å²) in [7, 11) is 1.79. The molecule has 0 saturated heterocycles. The topological polar surface area (TPSA) is 91.9 Å². The minimum Gasteiger partial charge on any atom is -0.460 e. The highest BCUT2D eigenvalue weighted by Gasteiger charge is 2.13. The maximum absolute atomic E-state index is 11.7. The molecule has 0 bridgehead atoms. The van der Waals surface area contributed by atoms with E-state index in [0.717, 1.165) is 0 Å². The summed E-state index contributed by atoms with van der Waals surface area (Å²) in [5.41, 5.74) is 0.407. The Morgan fingerprint density at radius 3 is 2.90 bits per heavy atom.